The van der Waals surface area contributed by atoms with Gasteiger partial charge in [0.05, 0.1) is 13.4 Å². The maximum Gasteiger partial charge on any atom is 0.130 e. The minimum Gasteiger partial charge on any atom is -0.497 e. The number of methoxy groups -OCH3 is 1. The molecule has 2 nitrogen and oxygen atoms in total. The average molecular weight is 460 g/mol. The summed E-state index contributed by atoms with van der Waals surface area (Å²) in [6, 6.07) is 7.52. The summed E-state index contributed by atoms with van der Waals surface area (Å²) < 4.78 is 10.7. The molecule has 0 spiro atoms. The summed E-state index contributed by atoms with van der Waals surface area (Å²) in [5.41, 5.74) is 2.83. The van der Waals surface area contributed by atoms with Crippen molar-refractivity contribution in [3.8, 4) is 11.5 Å². The number of ether oxygens (including phenoxy) is 2. The topological polar surface area (TPSA) is 18.5 Å². The van der Waals surface area contributed by atoms with Crippen LogP contribution in [0.2, 0.25) is 13.1 Å². The maximum absolute atomic E-state index is 5.61. The van der Waals surface area contributed by atoms with Gasteiger partial charge in [0.15, 0.2) is 0 Å². The molecule has 1 aliphatic carbocycles. The van der Waals surface area contributed by atoms with Gasteiger partial charge in [0.25, 0.3) is 0 Å². The van der Waals surface area contributed by atoms with E-state index in [-0.39, 0.29) is 27.1 Å². The van der Waals surface area contributed by atoms with Crippen molar-refractivity contribution in [3.63, 3.8) is 0 Å². The Bertz CT molecular complexity index is 704. The molecule has 1 aromatic rings. The first-order valence-electron chi connectivity index (χ1n) is 9.99. The Balaban J connectivity index is 0. The van der Waals surface area contributed by atoms with Crippen LogP contribution in [-0.2, 0) is 21.7 Å². The van der Waals surface area contributed by atoms with Gasteiger partial charge in [0.1, 0.15) is 11.5 Å². The van der Waals surface area contributed by atoms with Gasteiger partial charge in [-0.1, -0.05) is 78.8 Å². The van der Waals surface area contributed by atoms with Crippen molar-refractivity contribution in [2.45, 2.75) is 61.1 Å². The van der Waals surface area contributed by atoms with Crippen LogP contribution >= 0.6 is 0 Å². The quantitative estimate of drug-likeness (QED) is 0.199. The number of rotatable bonds is 4. The molecule has 0 bridgehead atoms. The number of hydrogen-bond donors (Lipinski definition) is 0. The molecule has 0 N–H and O–H groups in total. The molecular weight excluding hydrogens is 420 g/mol. The number of benzene rings is 1. The zero-order valence-electron chi connectivity index (χ0n) is 20.3. The van der Waals surface area contributed by atoms with Crippen LogP contribution < -0.4 is 9.47 Å². The van der Waals surface area contributed by atoms with E-state index in [2.05, 4.69) is 79.4 Å². The molecule has 2 rings (SSSR count). The van der Waals surface area contributed by atoms with E-state index in [1.165, 1.54) is 5.57 Å². The van der Waals surface area contributed by atoms with Crippen molar-refractivity contribution in [2.24, 2.45) is 10.8 Å². The van der Waals surface area contributed by atoms with Gasteiger partial charge in [-0.15, -0.1) is 6.42 Å². The van der Waals surface area contributed by atoms with Crippen LogP contribution in [0, 0.1) is 16.9 Å². The van der Waals surface area contributed by atoms with Crippen molar-refractivity contribution in [1.29, 1.82) is 0 Å². The van der Waals surface area contributed by atoms with E-state index >= 15 is 0 Å². The SMILES string of the molecule is C=CC(=COc1cccc(OC)c1)C(C)(C)C.CC(C)(C)C1=CC[C-]=C1.C[Si]C.[Ti]. The second kappa shape index (κ2) is 15.5. The summed E-state index contributed by atoms with van der Waals surface area (Å²) in [6.07, 6.45) is 12.1. The van der Waals surface area contributed by atoms with E-state index in [1.54, 1.807) is 13.4 Å². The molecule has 4 heteroatoms. The van der Waals surface area contributed by atoms with Crippen molar-refractivity contribution >= 4 is 9.52 Å². The van der Waals surface area contributed by atoms with Gasteiger partial charge in [-0.3, -0.25) is 6.08 Å². The Morgan fingerprint density at radius 2 is 1.67 bits per heavy atom. The van der Waals surface area contributed by atoms with Gasteiger partial charge in [0, 0.05) is 37.3 Å². The van der Waals surface area contributed by atoms with Crippen LogP contribution in [0.5, 0.6) is 11.5 Å². The second-order valence-electron chi connectivity index (χ2n) is 8.79. The maximum atomic E-state index is 5.61. The van der Waals surface area contributed by atoms with Gasteiger partial charge in [0.2, 0.25) is 0 Å². The second-order valence-corrected chi connectivity index (χ2v) is 9.79. The summed E-state index contributed by atoms with van der Waals surface area (Å²) in [5, 5.41) is 0. The van der Waals surface area contributed by atoms with Gasteiger partial charge >= 0.3 is 0 Å². The van der Waals surface area contributed by atoms with Crippen molar-refractivity contribution in [1.82, 2.24) is 0 Å². The van der Waals surface area contributed by atoms with Crippen LogP contribution in [-0.4, -0.2) is 16.6 Å². The summed E-state index contributed by atoms with van der Waals surface area (Å²) in [7, 11) is 2.72. The zero-order chi connectivity index (χ0) is 22.5. The van der Waals surface area contributed by atoms with Gasteiger partial charge < -0.3 is 9.47 Å². The monoisotopic (exact) mass is 459 g/mol. The molecule has 0 fully saturated rings. The molecule has 1 aromatic carbocycles. The Kier molecular flexibility index (Phi) is 16.0. The van der Waals surface area contributed by atoms with Crippen LogP contribution in [0.3, 0.4) is 0 Å². The molecule has 0 aromatic heterocycles. The normalized spacial score (nSPS) is 13.0. The molecule has 0 aliphatic heterocycles. The third-order valence-electron chi connectivity index (χ3n) is 4.01. The summed E-state index contributed by atoms with van der Waals surface area (Å²) in [5.74, 6) is 1.54. The third-order valence-corrected chi connectivity index (χ3v) is 4.01. The van der Waals surface area contributed by atoms with Gasteiger partial charge in [-0.2, -0.15) is 11.6 Å². The molecule has 2 radical (unpaired) electrons. The Labute approximate surface area is 203 Å². The predicted octanol–water partition coefficient (Wildman–Crippen LogP) is 7.70. The predicted molar refractivity (Wildman–Crippen MR) is 129 cm³/mol. The molecular formula is C26H39O2SiTi-. The van der Waals surface area contributed by atoms with Gasteiger partial charge in [-0.25, -0.2) is 6.08 Å². The number of hydrogen-bond acceptors (Lipinski definition) is 2. The smallest absolute Gasteiger partial charge is 0.130 e. The molecule has 0 saturated heterocycles. The zero-order valence-corrected chi connectivity index (χ0v) is 22.9. The van der Waals surface area contributed by atoms with E-state index in [9.17, 15) is 0 Å². The van der Waals surface area contributed by atoms with E-state index in [0.717, 1.165) is 33.0 Å². The molecule has 1 aliphatic rings. The first kappa shape index (κ1) is 30.9. The molecule has 0 atom stereocenters. The largest absolute Gasteiger partial charge is 0.497 e. The van der Waals surface area contributed by atoms with Crippen LogP contribution in [0.4, 0.5) is 0 Å². The van der Waals surface area contributed by atoms with Crippen molar-refractivity contribution in [3.05, 3.63) is 72.6 Å². The van der Waals surface area contributed by atoms with Crippen LogP contribution in [0.25, 0.3) is 0 Å². The third kappa shape index (κ3) is 13.1. The fraction of sp³-hybridized carbons (Fsp3) is 0.462. The van der Waals surface area contributed by atoms with E-state index in [0.29, 0.717) is 5.41 Å². The van der Waals surface area contributed by atoms with Crippen molar-refractivity contribution in [2.75, 3.05) is 7.11 Å². The molecule has 164 valence electrons. The Hall–Kier alpha value is -1.29. The van der Waals surface area contributed by atoms with Crippen molar-refractivity contribution < 1.29 is 31.2 Å². The standard InChI is InChI=1S/C15H20O2.C9H13.C2H6Si.Ti/c1-6-12(15(2,3)4)11-17-14-9-7-8-13(10-14)16-5;1-9(2,3)8-6-4-5-7-8;1-3-2;/h6-11H,1H2,2-5H3;6-7H,4H2,1-3H3;1-2H3;/q;-1;;. The Morgan fingerprint density at radius 1 is 1.10 bits per heavy atom. The average Bonchev–Trinajstić information content (AvgIpc) is 3.18. The Morgan fingerprint density at radius 3 is 2.03 bits per heavy atom. The summed E-state index contributed by atoms with van der Waals surface area (Å²) >= 11 is 0. The molecule has 0 saturated carbocycles. The summed E-state index contributed by atoms with van der Waals surface area (Å²) in [4.78, 5) is 0. The molecule has 0 heterocycles. The fourth-order valence-electron chi connectivity index (χ4n) is 2.26. The molecule has 30 heavy (non-hydrogen) atoms. The van der Waals surface area contributed by atoms with E-state index in [4.69, 9.17) is 9.47 Å². The molecule has 0 amide bonds. The van der Waals surface area contributed by atoms with Gasteiger partial charge in [-0.05, 0) is 23.1 Å². The number of allylic oxidation sites excluding steroid dienone is 6. The van der Waals surface area contributed by atoms with Crippen LogP contribution in [0.15, 0.2) is 66.5 Å². The molecule has 0 unspecified atom stereocenters. The minimum atomic E-state index is 0. The van der Waals surface area contributed by atoms with E-state index in [1.807, 2.05) is 30.3 Å². The first-order valence-corrected chi connectivity index (χ1v) is 12.0. The summed E-state index contributed by atoms with van der Waals surface area (Å²) in [6.45, 7) is 21.1. The van der Waals surface area contributed by atoms with Crippen LogP contribution in [0.1, 0.15) is 48.0 Å². The first-order chi connectivity index (χ1) is 13.5. The fourth-order valence-corrected chi connectivity index (χ4v) is 2.26. The minimum absolute atomic E-state index is 0. The van der Waals surface area contributed by atoms with E-state index < -0.39 is 0 Å².